The molecule has 4 aliphatic rings. The molecule has 0 amide bonds. The van der Waals surface area contributed by atoms with E-state index >= 15 is 0 Å². The third kappa shape index (κ3) is 1.40. The van der Waals surface area contributed by atoms with Crippen molar-refractivity contribution in [3.05, 3.63) is 0 Å². The van der Waals surface area contributed by atoms with Crippen LogP contribution in [0.2, 0.25) is 0 Å². The molecule has 84 valence electrons. The molecule has 15 heavy (non-hydrogen) atoms. The Morgan fingerprint density at radius 1 is 1.40 bits per heavy atom. The first-order valence-corrected chi connectivity index (χ1v) is 6.17. The van der Waals surface area contributed by atoms with Gasteiger partial charge in [-0.3, -0.25) is 4.90 Å². The third-order valence-electron chi connectivity index (χ3n) is 4.31. The number of rotatable bonds is 1. The maximum atomic E-state index is 5.84. The molecule has 0 aromatic heterocycles. The smallest absolute Gasteiger partial charge is 0.158 e. The number of piperidine rings is 3. The van der Waals surface area contributed by atoms with Crippen LogP contribution in [0.25, 0.3) is 0 Å². The lowest BCUT2D eigenvalue weighted by atomic mass is 9.72. The zero-order valence-corrected chi connectivity index (χ0v) is 9.70. The van der Waals surface area contributed by atoms with Crippen LogP contribution in [-0.4, -0.2) is 35.8 Å². The molecule has 3 nitrogen and oxygen atoms in total. The van der Waals surface area contributed by atoms with Gasteiger partial charge < -0.3 is 4.84 Å². The van der Waals surface area contributed by atoms with Crippen molar-refractivity contribution in [3.8, 4) is 0 Å². The van der Waals surface area contributed by atoms with Crippen LogP contribution in [-0.2, 0) is 4.84 Å². The van der Waals surface area contributed by atoms with Crippen LogP contribution in [0.5, 0.6) is 0 Å². The second-order valence-electron chi connectivity index (χ2n) is 5.62. The van der Waals surface area contributed by atoms with Gasteiger partial charge in [0.05, 0.1) is 5.71 Å². The molecule has 3 heteroatoms. The first-order chi connectivity index (χ1) is 7.20. The predicted octanol–water partition coefficient (Wildman–Crippen LogP) is 1.88. The maximum Gasteiger partial charge on any atom is 0.158 e. The average Bonchev–Trinajstić information content (AvgIpc) is 2.64. The highest BCUT2D eigenvalue weighted by atomic mass is 16.7. The zero-order valence-electron chi connectivity index (χ0n) is 9.70. The van der Waals surface area contributed by atoms with Gasteiger partial charge in [-0.15, -0.1) is 0 Å². The third-order valence-corrected chi connectivity index (χ3v) is 4.31. The summed E-state index contributed by atoms with van der Waals surface area (Å²) < 4.78 is 0. The molecule has 0 radical (unpaired) electrons. The van der Waals surface area contributed by atoms with E-state index in [1.54, 1.807) is 0 Å². The van der Waals surface area contributed by atoms with Crippen LogP contribution in [0.3, 0.4) is 0 Å². The molecule has 0 saturated carbocycles. The predicted molar refractivity (Wildman–Crippen MR) is 59.9 cm³/mol. The van der Waals surface area contributed by atoms with Crippen LogP contribution >= 0.6 is 0 Å². The number of hydrogen-bond acceptors (Lipinski definition) is 3. The summed E-state index contributed by atoms with van der Waals surface area (Å²) in [6.45, 7) is 8.07. The standard InChI is InChI=1S/C12H20N2O/c1-9(2)11-7-12(15-13-11)8-14-5-3-10(12)4-6-14/h9-10H,3-8H2,1-2H3. The van der Waals surface area contributed by atoms with Gasteiger partial charge in [-0.1, -0.05) is 19.0 Å². The molecule has 4 rings (SSSR count). The fourth-order valence-electron chi connectivity index (χ4n) is 3.26. The van der Waals surface area contributed by atoms with E-state index in [9.17, 15) is 0 Å². The molecule has 0 aromatic carbocycles. The van der Waals surface area contributed by atoms with Crippen molar-refractivity contribution in [3.63, 3.8) is 0 Å². The van der Waals surface area contributed by atoms with Crippen molar-refractivity contribution in [1.82, 2.24) is 4.90 Å². The number of fused-ring (bicyclic) bond motifs is 2. The summed E-state index contributed by atoms with van der Waals surface area (Å²) in [6.07, 6.45) is 3.69. The molecule has 2 bridgehead atoms. The van der Waals surface area contributed by atoms with E-state index in [4.69, 9.17) is 4.84 Å². The second kappa shape index (κ2) is 3.21. The van der Waals surface area contributed by atoms with E-state index in [0.29, 0.717) is 5.92 Å². The summed E-state index contributed by atoms with van der Waals surface area (Å²) >= 11 is 0. The highest BCUT2D eigenvalue weighted by molar-refractivity contribution is 5.87. The topological polar surface area (TPSA) is 24.8 Å². The molecule has 1 spiro atoms. The Balaban J connectivity index is 1.78. The molecule has 3 fully saturated rings. The Morgan fingerprint density at radius 2 is 2.13 bits per heavy atom. The SMILES string of the molecule is CC(C)C1=NOC2(C1)CN1CCC2CC1. The zero-order chi connectivity index (χ0) is 10.5. The van der Waals surface area contributed by atoms with E-state index in [0.717, 1.165) is 18.9 Å². The highest BCUT2D eigenvalue weighted by Crippen LogP contribution is 2.44. The number of nitrogens with zero attached hydrogens (tertiary/aromatic N) is 2. The summed E-state index contributed by atoms with van der Waals surface area (Å²) in [5.74, 6) is 1.29. The first-order valence-electron chi connectivity index (χ1n) is 6.17. The number of oxime groups is 1. The molecule has 1 atom stereocenters. The van der Waals surface area contributed by atoms with Crippen molar-refractivity contribution in [2.45, 2.75) is 38.7 Å². The molecular weight excluding hydrogens is 188 g/mol. The van der Waals surface area contributed by atoms with Gasteiger partial charge >= 0.3 is 0 Å². The number of hydrogen-bond donors (Lipinski definition) is 0. The molecule has 1 unspecified atom stereocenters. The average molecular weight is 208 g/mol. The summed E-state index contributed by atoms with van der Waals surface area (Å²) in [7, 11) is 0. The Bertz CT molecular complexity index is 292. The minimum Gasteiger partial charge on any atom is -0.387 e. The van der Waals surface area contributed by atoms with Crippen LogP contribution in [0, 0.1) is 11.8 Å². The Morgan fingerprint density at radius 3 is 2.60 bits per heavy atom. The molecule has 0 aromatic rings. The largest absolute Gasteiger partial charge is 0.387 e. The quantitative estimate of drug-likeness (QED) is 0.657. The van der Waals surface area contributed by atoms with Crippen molar-refractivity contribution in [2.24, 2.45) is 17.0 Å². The Kier molecular flexibility index (Phi) is 2.06. The van der Waals surface area contributed by atoms with Gasteiger partial charge in [0.2, 0.25) is 0 Å². The van der Waals surface area contributed by atoms with Crippen molar-refractivity contribution in [1.29, 1.82) is 0 Å². The van der Waals surface area contributed by atoms with E-state index in [1.165, 1.54) is 31.6 Å². The molecule has 0 N–H and O–H groups in total. The van der Waals surface area contributed by atoms with Crippen molar-refractivity contribution in [2.75, 3.05) is 19.6 Å². The van der Waals surface area contributed by atoms with Crippen LogP contribution in [0.1, 0.15) is 33.1 Å². The lowest BCUT2D eigenvalue weighted by molar-refractivity contribution is -0.136. The van der Waals surface area contributed by atoms with Gasteiger partial charge in [0, 0.05) is 18.9 Å². The summed E-state index contributed by atoms with van der Waals surface area (Å²) in [5.41, 5.74) is 1.33. The van der Waals surface area contributed by atoms with Gasteiger partial charge in [-0.05, 0) is 31.8 Å². The first kappa shape index (κ1) is 9.64. The van der Waals surface area contributed by atoms with E-state index in [-0.39, 0.29) is 5.60 Å². The van der Waals surface area contributed by atoms with Crippen LogP contribution in [0.4, 0.5) is 0 Å². The molecule has 3 saturated heterocycles. The summed E-state index contributed by atoms with van der Waals surface area (Å²) in [6, 6.07) is 0. The van der Waals surface area contributed by atoms with Gasteiger partial charge in [-0.2, -0.15) is 0 Å². The minimum absolute atomic E-state index is 0.0656. The van der Waals surface area contributed by atoms with E-state index in [2.05, 4.69) is 23.9 Å². The van der Waals surface area contributed by atoms with Gasteiger partial charge in [0.1, 0.15) is 0 Å². The highest BCUT2D eigenvalue weighted by Gasteiger charge is 2.52. The maximum absolute atomic E-state index is 5.84. The van der Waals surface area contributed by atoms with Gasteiger partial charge in [0.25, 0.3) is 0 Å². The van der Waals surface area contributed by atoms with Crippen LogP contribution in [0.15, 0.2) is 5.16 Å². The lowest BCUT2D eigenvalue weighted by Crippen LogP contribution is -2.59. The van der Waals surface area contributed by atoms with Crippen molar-refractivity contribution >= 4 is 5.71 Å². The second-order valence-corrected chi connectivity index (χ2v) is 5.62. The summed E-state index contributed by atoms with van der Waals surface area (Å²) in [5, 5.41) is 4.32. The fourth-order valence-corrected chi connectivity index (χ4v) is 3.26. The van der Waals surface area contributed by atoms with Crippen LogP contribution < -0.4 is 0 Å². The fraction of sp³-hybridized carbons (Fsp3) is 0.917. The van der Waals surface area contributed by atoms with Gasteiger partial charge in [0.15, 0.2) is 5.60 Å². The Labute approximate surface area is 91.5 Å². The van der Waals surface area contributed by atoms with E-state index in [1.807, 2.05) is 0 Å². The normalized spacial score (nSPS) is 43.5. The molecule has 0 aliphatic carbocycles. The molecule has 4 heterocycles. The van der Waals surface area contributed by atoms with Crippen molar-refractivity contribution < 1.29 is 4.84 Å². The van der Waals surface area contributed by atoms with E-state index < -0.39 is 0 Å². The summed E-state index contributed by atoms with van der Waals surface area (Å²) in [4.78, 5) is 8.38. The minimum atomic E-state index is 0.0656. The Hall–Kier alpha value is -0.570. The monoisotopic (exact) mass is 208 g/mol. The van der Waals surface area contributed by atoms with Gasteiger partial charge in [-0.25, -0.2) is 0 Å². The molecule has 4 aliphatic heterocycles. The molecular formula is C12H20N2O. The lowest BCUT2D eigenvalue weighted by Gasteiger charge is -2.49.